The van der Waals surface area contributed by atoms with Gasteiger partial charge in [-0.25, -0.2) is 0 Å². The highest BCUT2D eigenvalue weighted by Gasteiger charge is 2.16. The van der Waals surface area contributed by atoms with Gasteiger partial charge in [0.05, 0.1) is 6.61 Å². The first-order chi connectivity index (χ1) is 37.6. The predicted octanol–water partition coefficient (Wildman–Crippen LogP) is 20.4. The number of hydrogen-bond acceptors (Lipinski definition) is 5. The SMILES string of the molecule is CC/C=C\C/C=C\C/C=C\C/C=C\C/C=C\C/C=C\C/C=C\C/C=C\C/C=C\C/C=C\C/C=C\CCCCCC(=O)OC(CO)COC(=O)CCCCC/C=C\C/C=C\C/C=C\C/C=C\C/C=C\C/C=C\C/C=C\CC. The molecule has 0 aliphatic carbocycles. The first-order valence-electron chi connectivity index (χ1n) is 29.3. The number of rotatable bonds is 50. The number of aliphatic hydroxyl groups is 1. The Morgan fingerprint density at radius 1 is 0.303 bits per heavy atom. The third-order valence-electron chi connectivity index (χ3n) is 11.3. The Bertz CT molecular complexity index is 1890. The number of ether oxygens (including phenoxy) is 2. The lowest BCUT2D eigenvalue weighted by atomic mass is 10.1. The number of esters is 2. The van der Waals surface area contributed by atoms with Gasteiger partial charge in [-0.1, -0.05) is 245 Å². The molecule has 0 saturated heterocycles. The van der Waals surface area contributed by atoms with E-state index in [2.05, 4.69) is 233 Å². The second-order valence-corrected chi connectivity index (χ2v) is 18.2. The van der Waals surface area contributed by atoms with Gasteiger partial charge in [0.2, 0.25) is 0 Å². The second kappa shape index (κ2) is 63.5. The van der Waals surface area contributed by atoms with Crippen LogP contribution in [-0.4, -0.2) is 36.4 Å². The molecule has 1 unspecified atom stereocenters. The van der Waals surface area contributed by atoms with Crippen LogP contribution in [0.25, 0.3) is 0 Å². The van der Waals surface area contributed by atoms with Crippen LogP contribution in [0.15, 0.2) is 219 Å². The van der Waals surface area contributed by atoms with Crippen molar-refractivity contribution in [3.05, 3.63) is 219 Å². The van der Waals surface area contributed by atoms with E-state index < -0.39 is 6.10 Å². The number of allylic oxidation sites excluding steroid dienone is 36. The van der Waals surface area contributed by atoms with Gasteiger partial charge in [-0.3, -0.25) is 9.59 Å². The van der Waals surface area contributed by atoms with Crippen molar-refractivity contribution in [3.63, 3.8) is 0 Å². The van der Waals surface area contributed by atoms with Crippen molar-refractivity contribution in [2.45, 2.75) is 200 Å². The first kappa shape index (κ1) is 70.2. The largest absolute Gasteiger partial charge is 0.462 e. The monoisotopic (exact) mass is 1040 g/mol. The molecule has 5 nitrogen and oxygen atoms in total. The van der Waals surface area contributed by atoms with E-state index in [1.165, 1.54) is 0 Å². The van der Waals surface area contributed by atoms with E-state index in [-0.39, 0.29) is 25.2 Å². The zero-order valence-corrected chi connectivity index (χ0v) is 47.7. The third kappa shape index (κ3) is 60.8. The van der Waals surface area contributed by atoms with Gasteiger partial charge in [0, 0.05) is 12.8 Å². The van der Waals surface area contributed by atoms with E-state index in [1.54, 1.807) is 0 Å². The van der Waals surface area contributed by atoms with Gasteiger partial charge in [-0.2, -0.15) is 0 Å². The van der Waals surface area contributed by atoms with Crippen LogP contribution in [-0.2, 0) is 19.1 Å². The summed E-state index contributed by atoms with van der Waals surface area (Å²) in [5.41, 5.74) is 0. The van der Waals surface area contributed by atoms with E-state index in [0.29, 0.717) is 12.8 Å². The van der Waals surface area contributed by atoms with E-state index in [1.807, 2.05) is 0 Å². The maximum Gasteiger partial charge on any atom is 0.306 e. The van der Waals surface area contributed by atoms with Crippen LogP contribution in [0.4, 0.5) is 0 Å². The van der Waals surface area contributed by atoms with Gasteiger partial charge in [0.1, 0.15) is 6.61 Å². The molecule has 1 atom stereocenters. The van der Waals surface area contributed by atoms with Crippen molar-refractivity contribution in [1.82, 2.24) is 0 Å². The van der Waals surface area contributed by atoms with E-state index in [0.717, 1.165) is 167 Å². The van der Waals surface area contributed by atoms with Crippen molar-refractivity contribution < 1.29 is 24.2 Å². The second-order valence-electron chi connectivity index (χ2n) is 18.2. The summed E-state index contributed by atoms with van der Waals surface area (Å²) in [6, 6.07) is 0. The summed E-state index contributed by atoms with van der Waals surface area (Å²) >= 11 is 0. The van der Waals surface area contributed by atoms with Gasteiger partial charge in [-0.15, -0.1) is 0 Å². The molecular weight excluding hydrogens is 933 g/mol. The summed E-state index contributed by atoms with van der Waals surface area (Å²) in [5.74, 6) is -0.689. The fourth-order valence-electron chi connectivity index (χ4n) is 6.95. The van der Waals surface area contributed by atoms with Gasteiger partial charge < -0.3 is 14.6 Å². The Hall–Kier alpha value is -5.78. The van der Waals surface area contributed by atoms with Crippen LogP contribution in [0, 0.1) is 0 Å². The molecule has 0 bridgehead atoms. The Morgan fingerprint density at radius 3 is 0.763 bits per heavy atom. The standard InChI is InChI=1S/C71H104O5/c1-3-5-7-9-11-13-15-17-19-21-23-25-27-29-30-31-32-33-34-35-36-37-38-39-40-42-44-46-48-50-52-54-56-58-60-62-64-66-71(74)76-69(67-72)68-75-70(73)65-63-61-59-57-55-53-51-49-47-45-43-41-28-26-24-22-20-18-16-14-12-10-8-6-4-2/h5-8,11-14,17-20,23-26,29-30,32-33,35-36,38-39,41-44,47-50,53-56,69,72H,3-4,9-10,15-16,21-22,27-28,31,34,37,40,45-46,51-52,57-68H2,1-2H3/b7-5-,8-6-,13-11-,14-12-,19-17-,20-18-,25-23-,26-24-,30-29-,33-32-,36-35-,39-38-,43-41-,44-42-,49-47-,50-48-,55-53-,56-54-. The van der Waals surface area contributed by atoms with Crippen molar-refractivity contribution in [2.24, 2.45) is 0 Å². The Kier molecular flexibility index (Phi) is 58.7. The molecular formula is C71H104O5. The first-order valence-corrected chi connectivity index (χ1v) is 29.3. The maximum atomic E-state index is 12.3. The Balaban J connectivity index is 3.75. The van der Waals surface area contributed by atoms with Gasteiger partial charge in [-0.05, 0) is 154 Å². The smallest absolute Gasteiger partial charge is 0.306 e. The summed E-state index contributed by atoms with van der Waals surface area (Å²) in [4.78, 5) is 24.5. The lowest BCUT2D eigenvalue weighted by molar-refractivity contribution is -0.161. The molecule has 0 aliphatic heterocycles. The molecule has 0 aliphatic rings. The van der Waals surface area contributed by atoms with Crippen LogP contribution in [0.1, 0.15) is 194 Å². The maximum absolute atomic E-state index is 12.3. The molecule has 0 saturated carbocycles. The molecule has 0 amide bonds. The molecule has 0 aromatic carbocycles. The molecule has 0 fully saturated rings. The summed E-state index contributed by atoms with van der Waals surface area (Å²) in [6.07, 6.45) is 105. The fourth-order valence-corrected chi connectivity index (χ4v) is 6.95. The molecule has 0 heterocycles. The molecule has 76 heavy (non-hydrogen) atoms. The Labute approximate surface area is 465 Å². The third-order valence-corrected chi connectivity index (χ3v) is 11.3. The predicted molar refractivity (Wildman–Crippen MR) is 333 cm³/mol. The van der Waals surface area contributed by atoms with Crippen LogP contribution in [0.5, 0.6) is 0 Å². The van der Waals surface area contributed by atoms with Crippen LogP contribution >= 0.6 is 0 Å². The zero-order chi connectivity index (χ0) is 54.8. The molecule has 0 radical (unpaired) electrons. The van der Waals surface area contributed by atoms with Crippen molar-refractivity contribution >= 4 is 11.9 Å². The minimum absolute atomic E-state index is 0.114. The molecule has 1 N–H and O–H groups in total. The number of carbonyl (C=O) groups is 2. The normalized spacial score (nSPS) is 13.9. The van der Waals surface area contributed by atoms with Crippen molar-refractivity contribution in [1.29, 1.82) is 0 Å². The molecule has 0 aromatic heterocycles. The van der Waals surface area contributed by atoms with Crippen LogP contribution in [0.2, 0.25) is 0 Å². The summed E-state index contributed by atoms with van der Waals surface area (Å²) in [7, 11) is 0. The quantitative estimate of drug-likeness (QED) is 0.0373. The molecule has 0 rings (SSSR count). The lowest BCUT2D eigenvalue weighted by Gasteiger charge is -2.15. The summed E-state index contributed by atoms with van der Waals surface area (Å²) < 4.78 is 10.6. The number of carbonyl (C=O) groups excluding carboxylic acids is 2. The molecule has 5 heteroatoms. The highest BCUT2D eigenvalue weighted by molar-refractivity contribution is 5.70. The number of unbranched alkanes of at least 4 members (excludes halogenated alkanes) is 6. The summed E-state index contributed by atoms with van der Waals surface area (Å²) in [5, 5.41) is 9.65. The Morgan fingerprint density at radius 2 is 0.526 bits per heavy atom. The number of aliphatic hydroxyl groups excluding tert-OH is 1. The highest BCUT2D eigenvalue weighted by atomic mass is 16.6. The number of hydrogen-bond donors (Lipinski definition) is 1. The molecule has 0 aromatic rings. The van der Waals surface area contributed by atoms with Crippen molar-refractivity contribution in [3.8, 4) is 0 Å². The van der Waals surface area contributed by atoms with E-state index in [4.69, 9.17) is 9.47 Å². The topological polar surface area (TPSA) is 72.8 Å². The van der Waals surface area contributed by atoms with Gasteiger partial charge in [0.15, 0.2) is 6.10 Å². The highest BCUT2D eigenvalue weighted by Crippen LogP contribution is 2.10. The van der Waals surface area contributed by atoms with E-state index >= 15 is 0 Å². The average molecular weight is 1040 g/mol. The lowest BCUT2D eigenvalue weighted by Crippen LogP contribution is -2.28. The molecule has 0 spiro atoms. The fraction of sp³-hybridized carbons (Fsp3) is 0.465. The average Bonchev–Trinajstić information content (AvgIpc) is 3.42. The minimum Gasteiger partial charge on any atom is -0.462 e. The van der Waals surface area contributed by atoms with Gasteiger partial charge in [0.25, 0.3) is 0 Å². The molecule has 418 valence electrons. The van der Waals surface area contributed by atoms with Gasteiger partial charge >= 0.3 is 11.9 Å². The van der Waals surface area contributed by atoms with E-state index in [9.17, 15) is 14.7 Å². The van der Waals surface area contributed by atoms with Crippen LogP contribution < -0.4 is 0 Å². The zero-order valence-electron chi connectivity index (χ0n) is 47.7. The van der Waals surface area contributed by atoms with Crippen LogP contribution in [0.3, 0.4) is 0 Å². The van der Waals surface area contributed by atoms with Crippen molar-refractivity contribution in [2.75, 3.05) is 13.2 Å². The summed E-state index contributed by atoms with van der Waals surface area (Å²) in [6.45, 7) is 3.83. The minimum atomic E-state index is -0.824.